The van der Waals surface area contributed by atoms with Gasteiger partial charge >= 0.3 is 0 Å². The van der Waals surface area contributed by atoms with Crippen molar-refractivity contribution in [2.24, 2.45) is 4.36 Å². The monoisotopic (exact) mass is 767 g/mol. The smallest absolute Gasteiger partial charge is 0.284 e. The lowest BCUT2D eigenvalue weighted by atomic mass is 10.1. The summed E-state index contributed by atoms with van der Waals surface area (Å²) < 4.78 is 43.3. The van der Waals surface area contributed by atoms with E-state index in [-0.39, 0.29) is 21.2 Å². The van der Waals surface area contributed by atoms with E-state index in [0.29, 0.717) is 54.4 Å². The molecule has 1 aromatic heterocycles. The fourth-order valence-corrected chi connectivity index (χ4v) is 8.94. The SMILES string of the molecule is Cc1ccc(F)c(C(=O)Nc2cccc(C#Cc3cncc(C(=O)N=[SH](O)(CCCO[Si](C)(C)C(C)(C)C)CCCO[Si](C)(C)C(C)(C)C)c3)c2)c1. The first-order valence-corrected chi connectivity index (χ1v) is 25.7. The molecule has 3 rings (SSSR count). The first-order chi connectivity index (χ1) is 24.0. The van der Waals surface area contributed by atoms with Gasteiger partial charge in [-0.1, -0.05) is 71.1 Å². The summed E-state index contributed by atoms with van der Waals surface area (Å²) in [7, 11) is -6.95. The van der Waals surface area contributed by atoms with Gasteiger partial charge in [-0.25, -0.2) is 4.39 Å². The number of amides is 2. The average Bonchev–Trinajstić information content (AvgIpc) is 3.04. The lowest BCUT2D eigenvalue weighted by Crippen LogP contribution is -2.41. The highest BCUT2D eigenvalue weighted by Gasteiger charge is 2.38. The number of nitrogens with one attached hydrogen (secondary N) is 1. The van der Waals surface area contributed by atoms with Crippen LogP contribution in [0.5, 0.6) is 0 Å². The second-order valence-electron chi connectivity index (χ2n) is 16.4. The molecule has 1 heterocycles. The predicted molar refractivity (Wildman–Crippen MR) is 219 cm³/mol. The summed E-state index contributed by atoms with van der Waals surface area (Å²) in [6, 6.07) is 12.9. The van der Waals surface area contributed by atoms with Gasteiger partial charge in [0.1, 0.15) is 5.82 Å². The fraction of sp³-hybridized carbons (Fsp3) is 0.475. The molecule has 0 atom stereocenters. The topological polar surface area (TPSA) is 110 Å². The van der Waals surface area contributed by atoms with Gasteiger partial charge in [-0.3, -0.25) is 14.6 Å². The van der Waals surface area contributed by atoms with E-state index >= 15 is 0 Å². The minimum absolute atomic E-state index is 0.0391. The van der Waals surface area contributed by atoms with Crippen molar-refractivity contribution >= 4 is 44.2 Å². The van der Waals surface area contributed by atoms with Crippen LogP contribution in [-0.4, -0.2) is 62.7 Å². The molecule has 8 nitrogen and oxygen atoms in total. The zero-order chi connectivity index (χ0) is 39.0. The number of pyridine rings is 1. The van der Waals surface area contributed by atoms with Gasteiger partial charge in [-0.15, -0.1) is 10.1 Å². The molecule has 0 fully saturated rings. The van der Waals surface area contributed by atoms with Crippen molar-refractivity contribution in [3.8, 4) is 11.8 Å². The Bertz CT molecular complexity index is 1820. The van der Waals surface area contributed by atoms with Crippen LogP contribution in [-0.2, 0) is 19.0 Å². The van der Waals surface area contributed by atoms with Crippen molar-refractivity contribution in [2.45, 2.75) is 97.6 Å². The number of anilines is 1. The number of thiol groups is 1. The number of hydrogen-bond acceptors (Lipinski definition) is 5. The Morgan fingerprint density at radius 3 is 2.02 bits per heavy atom. The number of carbonyl (C=O) groups excluding carboxylic acids is 2. The van der Waals surface area contributed by atoms with Crippen LogP contribution in [0.15, 0.2) is 65.3 Å². The van der Waals surface area contributed by atoms with Crippen LogP contribution in [0.4, 0.5) is 10.1 Å². The van der Waals surface area contributed by atoms with E-state index < -0.39 is 44.4 Å². The fourth-order valence-electron chi connectivity index (χ4n) is 4.62. The van der Waals surface area contributed by atoms with Crippen molar-refractivity contribution in [3.63, 3.8) is 0 Å². The number of aryl methyl sites for hydroxylation is 1. The van der Waals surface area contributed by atoms with Gasteiger partial charge in [-0.2, -0.15) is 4.36 Å². The standard InChI is InChI=1S/C40H58FN3O5SSi2/c1-30-17-20-36(41)35(25-30)38(46)43-34-16-12-15-31(27-34)18-19-32-26-33(29-42-28-32)37(45)44-50(47,23-13-21-48-51(8,9)39(2,3)4)24-14-22-49-52(10,11)40(5,6)7/h12,15-17,20,25-29,50H,13-14,21-24H2,1-11H3,(H,43,46)(H,44,45,47). The van der Waals surface area contributed by atoms with Crippen molar-refractivity contribution in [2.75, 3.05) is 30.0 Å². The van der Waals surface area contributed by atoms with Crippen molar-refractivity contribution in [3.05, 3.63) is 94.6 Å². The maximum atomic E-state index is 14.2. The van der Waals surface area contributed by atoms with Gasteiger partial charge < -0.3 is 18.7 Å². The van der Waals surface area contributed by atoms with Crippen molar-refractivity contribution < 1.29 is 27.4 Å². The Labute approximate surface area is 313 Å². The molecule has 0 saturated heterocycles. The third-order valence-corrected chi connectivity index (χ3v) is 21.7. The first-order valence-electron chi connectivity index (χ1n) is 17.8. The molecule has 0 saturated carbocycles. The van der Waals surface area contributed by atoms with Gasteiger partial charge in [0.15, 0.2) is 16.6 Å². The molecule has 0 bridgehead atoms. The summed E-state index contributed by atoms with van der Waals surface area (Å²) >= 11 is 0. The van der Waals surface area contributed by atoms with Crippen molar-refractivity contribution in [1.29, 1.82) is 0 Å². The molecule has 52 heavy (non-hydrogen) atoms. The Hall–Kier alpha value is -3.32. The maximum Gasteiger partial charge on any atom is 0.284 e. The quantitative estimate of drug-likeness (QED) is 0.0692. The van der Waals surface area contributed by atoms with Gasteiger partial charge in [0.25, 0.3) is 11.8 Å². The molecule has 2 N–H and O–H groups in total. The number of carbonyl (C=O) groups is 2. The molecule has 0 aliphatic heterocycles. The van der Waals surface area contributed by atoms with E-state index in [1.807, 2.05) is 0 Å². The number of nitrogens with zero attached hydrogens (tertiary/aromatic N) is 2. The number of aromatic nitrogens is 1. The number of benzene rings is 2. The van der Waals surface area contributed by atoms with E-state index in [9.17, 15) is 18.5 Å². The Morgan fingerprint density at radius 1 is 0.865 bits per heavy atom. The summed E-state index contributed by atoms with van der Waals surface area (Å²) in [6.07, 6.45) is 4.18. The number of rotatable bonds is 13. The molecule has 0 spiro atoms. The van der Waals surface area contributed by atoms with E-state index in [2.05, 4.69) is 94.2 Å². The van der Waals surface area contributed by atoms with Crippen LogP contribution in [0, 0.1) is 24.6 Å². The number of halogens is 1. The third-order valence-electron chi connectivity index (χ3n) is 9.96. The number of hydrogen-bond donors (Lipinski definition) is 3. The highest BCUT2D eigenvalue weighted by atomic mass is 32.3. The molecule has 12 heteroatoms. The Kier molecular flexibility index (Phi) is 14.6. The van der Waals surface area contributed by atoms with Crippen LogP contribution in [0.25, 0.3) is 0 Å². The molecular weight excluding hydrogens is 710 g/mol. The summed E-state index contributed by atoms with van der Waals surface area (Å²) in [5.74, 6) is 5.14. The van der Waals surface area contributed by atoms with Gasteiger partial charge in [0.05, 0.1) is 11.1 Å². The molecule has 2 amide bonds. The molecule has 3 aromatic rings. The summed E-state index contributed by atoms with van der Waals surface area (Å²) in [4.78, 5) is 30.5. The zero-order valence-corrected chi connectivity index (χ0v) is 35.7. The lowest BCUT2D eigenvalue weighted by molar-refractivity contribution is 0.1000. The molecule has 284 valence electrons. The highest BCUT2D eigenvalue weighted by Crippen LogP contribution is 2.37. The normalized spacial score (nSPS) is 12.9. The van der Waals surface area contributed by atoms with Gasteiger partial charge in [-0.05, 0) is 92.4 Å². The summed E-state index contributed by atoms with van der Waals surface area (Å²) in [5.41, 5.74) is 2.53. The summed E-state index contributed by atoms with van der Waals surface area (Å²) in [6.45, 7) is 24.8. The van der Waals surface area contributed by atoms with Crippen LogP contribution in [0.2, 0.25) is 36.3 Å². The van der Waals surface area contributed by atoms with E-state index in [0.717, 1.165) is 5.56 Å². The Morgan fingerprint density at radius 2 is 1.44 bits per heavy atom. The van der Waals surface area contributed by atoms with Gasteiger partial charge in [0, 0.05) is 53.9 Å². The molecule has 0 radical (unpaired) electrons. The molecular formula is C40H58FN3O5SSi2. The molecule has 0 unspecified atom stereocenters. The van der Waals surface area contributed by atoms with E-state index in [4.69, 9.17) is 8.85 Å². The third kappa shape index (κ3) is 12.7. The second kappa shape index (κ2) is 17.7. The Balaban J connectivity index is 1.78. The molecule has 0 aliphatic carbocycles. The second-order valence-corrected chi connectivity index (χ2v) is 28.9. The predicted octanol–water partition coefficient (Wildman–Crippen LogP) is 9.69. The van der Waals surface area contributed by atoms with E-state index in [1.54, 1.807) is 49.5 Å². The molecule has 2 aromatic carbocycles. The minimum atomic E-state index is -3.04. The van der Waals surface area contributed by atoms with Crippen LogP contribution < -0.4 is 5.32 Å². The van der Waals surface area contributed by atoms with Crippen molar-refractivity contribution in [1.82, 2.24) is 4.98 Å². The maximum absolute atomic E-state index is 14.2. The largest absolute Gasteiger partial charge is 0.417 e. The lowest BCUT2D eigenvalue weighted by Gasteiger charge is -2.37. The first kappa shape index (κ1) is 43.1. The average molecular weight is 768 g/mol. The highest BCUT2D eigenvalue weighted by molar-refractivity contribution is 8.00. The minimum Gasteiger partial charge on any atom is -0.417 e. The van der Waals surface area contributed by atoms with Crippen LogP contribution >= 0.6 is 0 Å². The van der Waals surface area contributed by atoms with Crippen LogP contribution in [0.1, 0.15) is 91.8 Å². The van der Waals surface area contributed by atoms with E-state index in [1.165, 1.54) is 18.3 Å². The van der Waals surface area contributed by atoms with Gasteiger partial charge in [0.2, 0.25) is 0 Å². The summed E-state index contributed by atoms with van der Waals surface area (Å²) in [5, 5.41) is 2.87. The molecule has 0 aliphatic rings. The van der Waals surface area contributed by atoms with Crippen LogP contribution in [0.3, 0.4) is 0 Å². The zero-order valence-electron chi connectivity index (χ0n) is 32.8.